The third-order valence-corrected chi connectivity index (χ3v) is 3.36. The number of nitrogens with two attached hydrogens (primary N) is 1. The quantitative estimate of drug-likeness (QED) is 0.665. The predicted octanol–water partition coefficient (Wildman–Crippen LogP) is 0.978. The van der Waals surface area contributed by atoms with Crippen LogP contribution < -0.4 is 21.1 Å². The van der Waals surface area contributed by atoms with Crippen LogP contribution in [0.1, 0.15) is 26.3 Å². The fourth-order valence-corrected chi connectivity index (χ4v) is 1.87. The van der Waals surface area contributed by atoms with Crippen molar-refractivity contribution in [3.8, 4) is 5.75 Å². The summed E-state index contributed by atoms with van der Waals surface area (Å²) in [5.41, 5.74) is 6.82. The fraction of sp³-hybridized carbons (Fsp3) is 0.529. The Hall–Kier alpha value is -2.08. The van der Waals surface area contributed by atoms with Gasteiger partial charge in [0.15, 0.2) is 0 Å². The molecule has 0 bridgehead atoms. The molecule has 1 aromatic carbocycles. The molecule has 2 amide bonds. The van der Waals surface area contributed by atoms with Gasteiger partial charge in [0.2, 0.25) is 11.8 Å². The summed E-state index contributed by atoms with van der Waals surface area (Å²) in [4.78, 5) is 23.4. The lowest BCUT2D eigenvalue weighted by atomic mass is 10.1. The van der Waals surface area contributed by atoms with E-state index in [2.05, 4.69) is 10.6 Å². The van der Waals surface area contributed by atoms with E-state index >= 15 is 0 Å². The third kappa shape index (κ3) is 7.15. The second-order valence-electron chi connectivity index (χ2n) is 6.04. The molecule has 0 fully saturated rings. The molecule has 128 valence electrons. The average molecular weight is 321 g/mol. The Morgan fingerprint density at radius 3 is 2.52 bits per heavy atom. The summed E-state index contributed by atoms with van der Waals surface area (Å²) in [7, 11) is 0. The van der Waals surface area contributed by atoms with Crippen LogP contribution in [-0.4, -0.2) is 37.0 Å². The van der Waals surface area contributed by atoms with Crippen LogP contribution in [0.4, 0.5) is 0 Å². The first-order valence-electron chi connectivity index (χ1n) is 7.83. The molecule has 0 saturated heterocycles. The van der Waals surface area contributed by atoms with Crippen LogP contribution in [0.2, 0.25) is 0 Å². The fourth-order valence-electron chi connectivity index (χ4n) is 1.87. The number of hydrogen-bond donors (Lipinski definition) is 3. The van der Waals surface area contributed by atoms with Gasteiger partial charge in [0, 0.05) is 0 Å². The highest BCUT2D eigenvalue weighted by molar-refractivity contribution is 5.87. The summed E-state index contributed by atoms with van der Waals surface area (Å²) in [5.74, 6) is 0.206. The molecule has 0 saturated carbocycles. The molecule has 4 N–H and O–H groups in total. The lowest BCUT2D eigenvalue weighted by Crippen LogP contribution is -2.47. The Morgan fingerprint density at radius 2 is 1.91 bits per heavy atom. The largest absolute Gasteiger partial charge is 0.489 e. The van der Waals surface area contributed by atoms with Crippen LogP contribution >= 0.6 is 0 Å². The molecule has 0 aliphatic heterocycles. The topological polar surface area (TPSA) is 93.5 Å². The number of aryl methyl sites for hydroxylation is 1. The standard InChI is InChI=1S/C17H27N3O3/c1-11(2)16(18)17(22)20-10-15(21)19-9-13(4)23-14-7-5-6-12(3)8-14/h5-8,11,13,16H,9-10,18H2,1-4H3,(H,19,21)(H,20,22)/t13?,16-/m0/s1. The van der Waals surface area contributed by atoms with Crippen molar-refractivity contribution in [2.24, 2.45) is 11.7 Å². The predicted molar refractivity (Wildman–Crippen MR) is 90.1 cm³/mol. The number of nitrogens with one attached hydrogen (secondary N) is 2. The lowest BCUT2D eigenvalue weighted by molar-refractivity contribution is -0.127. The zero-order valence-corrected chi connectivity index (χ0v) is 14.3. The van der Waals surface area contributed by atoms with Crippen molar-refractivity contribution < 1.29 is 14.3 Å². The first-order chi connectivity index (χ1) is 10.8. The van der Waals surface area contributed by atoms with Gasteiger partial charge in [-0.25, -0.2) is 0 Å². The molecule has 0 aliphatic carbocycles. The van der Waals surface area contributed by atoms with E-state index in [0.29, 0.717) is 6.54 Å². The van der Waals surface area contributed by atoms with E-state index in [1.54, 1.807) is 0 Å². The lowest BCUT2D eigenvalue weighted by Gasteiger charge is -2.17. The molecule has 23 heavy (non-hydrogen) atoms. The minimum atomic E-state index is -0.605. The molecule has 0 aromatic heterocycles. The summed E-state index contributed by atoms with van der Waals surface area (Å²) in [5, 5.41) is 5.25. The maximum absolute atomic E-state index is 11.7. The van der Waals surface area contributed by atoms with Crippen LogP contribution in [0.25, 0.3) is 0 Å². The Balaban J connectivity index is 2.29. The van der Waals surface area contributed by atoms with Crippen molar-refractivity contribution in [3.63, 3.8) is 0 Å². The SMILES string of the molecule is Cc1cccc(OC(C)CNC(=O)CNC(=O)[C@@H](N)C(C)C)c1. The van der Waals surface area contributed by atoms with Crippen molar-refractivity contribution in [3.05, 3.63) is 29.8 Å². The molecule has 1 unspecified atom stereocenters. The Bertz CT molecular complexity index is 532. The number of carbonyl (C=O) groups excluding carboxylic acids is 2. The van der Waals surface area contributed by atoms with E-state index in [-0.39, 0.29) is 30.4 Å². The first-order valence-corrected chi connectivity index (χ1v) is 7.83. The van der Waals surface area contributed by atoms with Gasteiger partial charge in [-0.2, -0.15) is 0 Å². The third-order valence-electron chi connectivity index (χ3n) is 3.36. The zero-order chi connectivity index (χ0) is 17.4. The van der Waals surface area contributed by atoms with Crippen LogP contribution in [0.5, 0.6) is 5.75 Å². The smallest absolute Gasteiger partial charge is 0.239 e. The number of ether oxygens (including phenoxy) is 1. The molecule has 1 rings (SSSR count). The molecule has 2 atom stereocenters. The van der Waals surface area contributed by atoms with Crippen LogP contribution in [0, 0.1) is 12.8 Å². The summed E-state index contributed by atoms with van der Waals surface area (Å²) in [6.07, 6.45) is -0.172. The van der Waals surface area contributed by atoms with Crippen LogP contribution in [-0.2, 0) is 9.59 Å². The minimum Gasteiger partial charge on any atom is -0.489 e. The molecular weight excluding hydrogens is 294 g/mol. The highest BCUT2D eigenvalue weighted by atomic mass is 16.5. The van der Waals surface area contributed by atoms with E-state index in [1.807, 2.05) is 52.0 Å². The van der Waals surface area contributed by atoms with Gasteiger partial charge in [0.25, 0.3) is 0 Å². The first kappa shape index (κ1) is 19.0. The number of benzene rings is 1. The summed E-state index contributed by atoms with van der Waals surface area (Å²) < 4.78 is 5.72. The maximum atomic E-state index is 11.7. The molecule has 6 nitrogen and oxygen atoms in total. The molecule has 1 aromatic rings. The van der Waals surface area contributed by atoms with Gasteiger partial charge in [-0.3, -0.25) is 9.59 Å². The molecule has 0 radical (unpaired) electrons. The van der Waals surface area contributed by atoms with Gasteiger partial charge in [-0.1, -0.05) is 26.0 Å². The van der Waals surface area contributed by atoms with Gasteiger partial charge < -0.3 is 21.1 Å². The molecular formula is C17H27N3O3. The van der Waals surface area contributed by atoms with Gasteiger partial charge in [-0.15, -0.1) is 0 Å². The highest BCUT2D eigenvalue weighted by Crippen LogP contribution is 2.13. The maximum Gasteiger partial charge on any atom is 0.239 e. The van der Waals surface area contributed by atoms with Crippen LogP contribution in [0.15, 0.2) is 24.3 Å². The summed E-state index contributed by atoms with van der Waals surface area (Å²) in [6.45, 7) is 7.85. The average Bonchev–Trinajstić information content (AvgIpc) is 2.49. The summed E-state index contributed by atoms with van der Waals surface area (Å²) >= 11 is 0. The van der Waals surface area contributed by atoms with Crippen molar-refractivity contribution in [1.29, 1.82) is 0 Å². The van der Waals surface area contributed by atoms with E-state index in [1.165, 1.54) is 0 Å². The Morgan fingerprint density at radius 1 is 1.22 bits per heavy atom. The zero-order valence-electron chi connectivity index (χ0n) is 14.3. The Labute approximate surface area is 137 Å². The molecule has 0 heterocycles. The Kier molecular flexibility index (Phi) is 7.54. The van der Waals surface area contributed by atoms with Gasteiger partial charge >= 0.3 is 0 Å². The van der Waals surface area contributed by atoms with E-state index in [4.69, 9.17) is 10.5 Å². The minimum absolute atomic E-state index is 0.0285. The van der Waals surface area contributed by atoms with Gasteiger partial charge in [0.05, 0.1) is 19.1 Å². The van der Waals surface area contributed by atoms with E-state index in [0.717, 1.165) is 11.3 Å². The number of carbonyl (C=O) groups is 2. The summed E-state index contributed by atoms with van der Waals surface area (Å²) in [6, 6.07) is 7.12. The number of hydrogen-bond acceptors (Lipinski definition) is 4. The normalized spacial score (nSPS) is 13.3. The monoisotopic (exact) mass is 321 g/mol. The van der Waals surface area contributed by atoms with Gasteiger partial charge in [0.1, 0.15) is 11.9 Å². The molecule has 0 spiro atoms. The number of rotatable bonds is 8. The highest BCUT2D eigenvalue weighted by Gasteiger charge is 2.17. The van der Waals surface area contributed by atoms with Gasteiger partial charge in [-0.05, 0) is 37.5 Å². The van der Waals surface area contributed by atoms with Crippen molar-refractivity contribution in [1.82, 2.24) is 10.6 Å². The van der Waals surface area contributed by atoms with Crippen molar-refractivity contribution in [2.45, 2.75) is 39.8 Å². The van der Waals surface area contributed by atoms with E-state index in [9.17, 15) is 9.59 Å². The van der Waals surface area contributed by atoms with Crippen LogP contribution in [0.3, 0.4) is 0 Å². The van der Waals surface area contributed by atoms with E-state index < -0.39 is 6.04 Å². The van der Waals surface area contributed by atoms with Crippen molar-refractivity contribution in [2.75, 3.05) is 13.1 Å². The van der Waals surface area contributed by atoms with Crippen molar-refractivity contribution >= 4 is 11.8 Å². The second-order valence-corrected chi connectivity index (χ2v) is 6.04. The number of amides is 2. The second kappa shape index (κ2) is 9.15. The molecule has 0 aliphatic rings. The molecule has 6 heteroatoms.